The minimum Gasteiger partial charge on any atom is -0.384 e. The number of rotatable bonds is 2. The van der Waals surface area contributed by atoms with Gasteiger partial charge in [0.25, 0.3) is 0 Å². The fraction of sp³-hybridized carbons (Fsp3) is 0.533. The van der Waals surface area contributed by atoms with E-state index in [-0.39, 0.29) is 6.42 Å². The molecule has 0 fully saturated rings. The lowest BCUT2D eigenvalue weighted by atomic mass is 9.97. The Morgan fingerprint density at radius 3 is 2.55 bits per heavy atom. The van der Waals surface area contributed by atoms with E-state index in [9.17, 15) is 18.3 Å². The second-order valence-electron chi connectivity index (χ2n) is 4.84. The lowest BCUT2D eigenvalue weighted by Crippen LogP contribution is -2.34. The van der Waals surface area contributed by atoms with E-state index >= 15 is 0 Å². The molecule has 0 amide bonds. The predicted molar refractivity (Wildman–Crippen MR) is 80.9 cm³/mol. The van der Waals surface area contributed by atoms with Gasteiger partial charge in [-0.2, -0.15) is 18.3 Å². The van der Waals surface area contributed by atoms with Gasteiger partial charge in [-0.1, -0.05) is 26.0 Å². The van der Waals surface area contributed by atoms with Crippen LogP contribution >= 0.6 is 0 Å². The highest BCUT2D eigenvalue weighted by Gasteiger charge is 2.42. The van der Waals surface area contributed by atoms with E-state index < -0.39 is 18.2 Å². The first-order valence-corrected chi connectivity index (χ1v) is 7.24. The third-order valence-electron chi connectivity index (χ3n) is 3.21. The first-order valence-electron chi connectivity index (χ1n) is 7.24. The van der Waals surface area contributed by atoms with Crippen LogP contribution in [0.5, 0.6) is 0 Å². The normalized spacial score (nSPS) is 19.8. The van der Waals surface area contributed by atoms with Crippen LogP contribution in [0, 0.1) is 12.8 Å². The molecule has 0 aliphatic heterocycles. The van der Waals surface area contributed by atoms with Crippen LogP contribution in [-0.2, 0) is 0 Å². The molecule has 7 heteroatoms. The molecule has 1 aliphatic carbocycles. The number of nitrogens with two attached hydrogens (primary N) is 1. The van der Waals surface area contributed by atoms with E-state index in [0.717, 1.165) is 5.69 Å². The van der Waals surface area contributed by atoms with Crippen molar-refractivity contribution in [1.82, 2.24) is 9.78 Å². The Morgan fingerprint density at radius 1 is 1.41 bits per heavy atom. The Labute approximate surface area is 128 Å². The molecule has 0 aromatic carbocycles. The summed E-state index contributed by atoms with van der Waals surface area (Å²) in [5.41, 5.74) is 7.13. The Morgan fingerprint density at radius 2 is 2.05 bits per heavy atom. The Hall–Kier alpha value is -1.76. The molecule has 1 aliphatic rings. The summed E-state index contributed by atoms with van der Waals surface area (Å²) in [5, 5.41) is 13.5. The van der Waals surface area contributed by atoms with Crippen molar-refractivity contribution < 1.29 is 18.3 Å². The fourth-order valence-corrected chi connectivity index (χ4v) is 2.20. The summed E-state index contributed by atoms with van der Waals surface area (Å²) in [5.74, 6) is -0.533. The van der Waals surface area contributed by atoms with Crippen molar-refractivity contribution in [2.75, 3.05) is 5.73 Å². The molecule has 0 bridgehead atoms. The van der Waals surface area contributed by atoms with E-state index in [1.54, 1.807) is 19.1 Å². The lowest BCUT2D eigenvalue weighted by molar-refractivity contribution is -0.215. The van der Waals surface area contributed by atoms with Crippen LogP contribution in [0.2, 0.25) is 0 Å². The molecule has 2 unspecified atom stereocenters. The number of halogens is 3. The van der Waals surface area contributed by atoms with E-state index in [1.807, 2.05) is 13.8 Å². The summed E-state index contributed by atoms with van der Waals surface area (Å²) in [7, 11) is 0. The largest absolute Gasteiger partial charge is 0.414 e. The molecular weight excluding hydrogens is 295 g/mol. The number of hydrogen-bond acceptors (Lipinski definition) is 3. The topological polar surface area (TPSA) is 64.1 Å². The fourth-order valence-electron chi connectivity index (χ4n) is 2.20. The van der Waals surface area contributed by atoms with Crippen molar-refractivity contribution in [3.8, 4) is 0 Å². The second kappa shape index (κ2) is 7.49. The van der Waals surface area contributed by atoms with Crippen molar-refractivity contribution in [1.29, 1.82) is 0 Å². The number of aliphatic hydroxyl groups excluding tert-OH is 1. The SMILES string of the molecule is CC.Cc1cc(N)n(C2=CCCC(C(O)C(F)(F)F)C=C2)n1. The van der Waals surface area contributed by atoms with Crippen LogP contribution in [-0.4, -0.2) is 27.2 Å². The van der Waals surface area contributed by atoms with E-state index in [1.165, 1.54) is 16.8 Å². The third kappa shape index (κ3) is 4.37. The van der Waals surface area contributed by atoms with Gasteiger partial charge < -0.3 is 10.8 Å². The van der Waals surface area contributed by atoms with Crippen LogP contribution < -0.4 is 5.73 Å². The number of aromatic nitrogens is 2. The smallest absolute Gasteiger partial charge is 0.384 e. The number of anilines is 1. The van der Waals surface area contributed by atoms with Crippen LogP contribution in [0.3, 0.4) is 0 Å². The van der Waals surface area contributed by atoms with Gasteiger partial charge in [-0.25, -0.2) is 4.68 Å². The van der Waals surface area contributed by atoms with Gasteiger partial charge in [-0.3, -0.25) is 0 Å². The molecule has 22 heavy (non-hydrogen) atoms. The summed E-state index contributed by atoms with van der Waals surface area (Å²) in [6.07, 6.45) is -1.66. The molecule has 1 aromatic rings. The van der Waals surface area contributed by atoms with Gasteiger partial charge in [0.1, 0.15) is 5.82 Å². The average Bonchev–Trinajstić information content (AvgIpc) is 2.67. The molecule has 0 saturated carbocycles. The van der Waals surface area contributed by atoms with Crippen molar-refractivity contribution >= 4 is 11.5 Å². The molecule has 0 saturated heterocycles. The van der Waals surface area contributed by atoms with Gasteiger partial charge in [0, 0.05) is 12.0 Å². The van der Waals surface area contributed by atoms with Crippen LogP contribution in [0.4, 0.5) is 19.0 Å². The summed E-state index contributed by atoms with van der Waals surface area (Å²) in [6.45, 7) is 5.78. The van der Waals surface area contributed by atoms with Crippen LogP contribution in [0.25, 0.3) is 5.70 Å². The van der Waals surface area contributed by atoms with Crippen molar-refractivity contribution in [3.63, 3.8) is 0 Å². The molecule has 4 nitrogen and oxygen atoms in total. The first-order chi connectivity index (χ1) is 10.3. The molecule has 1 heterocycles. The summed E-state index contributed by atoms with van der Waals surface area (Å²) in [4.78, 5) is 0. The zero-order chi connectivity index (χ0) is 16.9. The average molecular weight is 317 g/mol. The summed E-state index contributed by atoms with van der Waals surface area (Å²) >= 11 is 0. The molecular formula is C15H22F3N3O. The number of allylic oxidation sites excluding steroid dienone is 3. The van der Waals surface area contributed by atoms with Crippen LogP contribution in [0.15, 0.2) is 24.3 Å². The highest BCUT2D eigenvalue weighted by atomic mass is 19.4. The van der Waals surface area contributed by atoms with Crippen molar-refractivity contribution in [2.45, 2.75) is 45.9 Å². The highest BCUT2D eigenvalue weighted by molar-refractivity contribution is 5.61. The van der Waals surface area contributed by atoms with Gasteiger partial charge in [0.2, 0.25) is 0 Å². The molecule has 1 aromatic heterocycles. The number of aryl methyl sites for hydroxylation is 1. The van der Waals surface area contributed by atoms with Crippen LogP contribution in [0.1, 0.15) is 32.4 Å². The standard InChI is InChI=1S/C13H16F3N3O.C2H6/c1-8-7-11(17)19(18-8)10-4-2-3-9(5-6-10)12(20)13(14,15)16;1-2/h4-7,9,12,20H,2-3,17H2,1H3;1-2H3. The summed E-state index contributed by atoms with van der Waals surface area (Å²) < 4.78 is 39.0. The minimum absolute atomic E-state index is 0.223. The summed E-state index contributed by atoms with van der Waals surface area (Å²) in [6, 6.07) is 1.68. The first kappa shape index (κ1) is 18.3. The lowest BCUT2D eigenvalue weighted by Gasteiger charge is -2.21. The Bertz CT molecular complexity index is 547. The third-order valence-corrected chi connectivity index (χ3v) is 3.21. The maximum atomic E-state index is 12.5. The van der Waals surface area contributed by atoms with Gasteiger partial charge in [0.15, 0.2) is 6.10 Å². The highest BCUT2D eigenvalue weighted by Crippen LogP contribution is 2.31. The Kier molecular flexibility index (Phi) is 6.22. The van der Waals surface area contributed by atoms with Crippen molar-refractivity contribution in [2.24, 2.45) is 5.92 Å². The quantitative estimate of drug-likeness (QED) is 0.877. The molecule has 2 atom stereocenters. The monoisotopic (exact) mass is 317 g/mol. The zero-order valence-electron chi connectivity index (χ0n) is 12.9. The molecule has 0 spiro atoms. The van der Waals surface area contributed by atoms with Crippen molar-refractivity contribution in [3.05, 3.63) is 30.0 Å². The number of alkyl halides is 3. The number of hydrogen-bond donors (Lipinski definition) is 2. The predicted octanol–water partition coefficient (Wildman–Crippen LogP) is 3.53. The maximum absolute atomic E-state index is 12.5. The van der Waals surface area contributed by atoms with E-state index in [2.05, 4.69) is 5.10 Å². The zero-order valence-corrected chi connectivity index (χ0v) is 12.9. The number of aliphatic hydroxyl groups is 1. The van der Waals surface area contributed by atoms with Gasteiger partial charge in [-0.15, -0.1) is 0 Å². The molecule has 3 N–H and O–H groups in total. The second-order valence-corrected chi connectivity index (χ2v) is 4.84. The van der Waals surface area contributed by atoms with Gasteiger partial charge in [-0.05, 0) is 25.8 Å². The number of nitrogens with zero attached hydrogens (tertiary/aromatic N) is 2. The van der Waals surface area contributed by atoms with E-state index in [0.29, 0.717) is 17.9 Å². The Balaban J connectivity index is 0.00000116. The van der Waals surface area contributed by atoms with Gasteiger partial charge >= 0.3 is 6.18 Å². The molecule has 0 radical (unpaired) electrons. The minimum atomic E-state index is -4.61. The maximum Gasteiger partial charge on any atom is 0.414 e. The number of nitrogen functional groups attached to an aromatic ring is 1. The molecule has 124 valence electrons. The van der Waals surface area contributed by atoms with Gasteiger partial charge in [0.05, 0.1) is 11.4 Å². The van der Waals surface area contributed by atoms with E-state index in [4.69, 9.17) is 5.73 Å². The molecule has 2 rings (SSSR count).